The third-order valence-corrected chi connectivity index (χ3v) is 5.50. The Morgan fingerprint density at radius 2 is 1.81 bits per heavy atom. The van der Waals surface area contributed by atoms with E-state index in [1.165, 1.54) is 6.07 Å². The molecule has 11 heteroatoms. The topological polar surface area (TPSA) is 101 Å². The van der Waals surface area contributed by atoms with Crippen LogP contribution in [-0.2, 0) is 6.54 Å². The Morgan fingerprint density at radius 3 is 2.41 bits per heavy atom. The number of aromatic nitrogens is 2. The molecule has 8 nitrogen and oxygen atoms in total. The summed E-state index contributed by atoms with van der Waals surface area (Å²) in [5.41, 5.74) is 1.27. The number of rotatable bonds is 7. The summed E-state index contributed by atoms with van der Waals surface area (Å²) >= 11 is 0.565. The number of fused-ring (bicyclic) bond motifs is 1. The second-order valence-corrected chi connectivity index (χ2v) is 7.71. The average molecular weight is 458 g/mol. The van der Waals surface area contributed by atoms with Gasteiger partial charge in [0.05, 0.1) is 29.8 Å². The highest BCUT2D eigenvalue weighted by molar-refractivity contribution is 7.15. The molecule has 4 rings (SSSR count). The van der Waals surface area contributed by atoms with Crippen molar-refractivity contribution < 1.29 is 27.9 Å². The molecule has 32 heavy (non-hydrogen) atoms. The molecule has 164 valence electrons. The van der Waals surface area contributed by atoms with E-state index in [0.717, 1.165) is 4.90 Å². The molecule has 0 saturated carbocycles. The first-order valence-electron chi connectivity index (χ1n) is 9.53. The molecule has 1 N–H and O–H groups in total. The fraction of sp³-hybridized carbons (Fsp3) is 0.190. The highest BCUT2D eigenvalue weighted by Gasteiger charge is 2.35. The molecule has 1 aliphatic heterocycles. The number of imide groups is 1. The van der Waals surface area contributed by atoms with Crippen LogP contribution in [0.25, 0.3) is 0 Å². The molecule has 0 spiro atoms. The summed E-state index contributed by atoms with van der Waals surface area (Å²) in [4.78, 5) is 39.1. The predicted octanol–water partition coefficient (Wildman–Crippen LogP) is 3.92. The van der Waals surface area contributed by atoms with E-state index in [2.05, 4.69) is 15.5 Å². The van der Waals surface area contributed by atoms with Gasteiger partial charge in [-0.3, -0.25) is 24.6 Å². The van der Waals surface area contributed by atoms with Gasteiger partial charge < -0.3 is 4.74 Å². The van der Waals surface area contributed by atoms with Crippen LogP contribution < -0.4 is 10.1 Å². The minimum Gasteiger partial charge on any atom is -0.493 e. The lowest BCUT2D eigenvalue weighted by atomic mass is 10.1. The summed E-state index contributed by atoms with van der Waals surface area (Å²) in [6.45, 7) is 1.98. The third-order valence-electron chi connectivity index (χ3n) is 4.66. The van der Waals surface area contributed by atoms with Crippen molar-refractivity contribution in [3.8, 4) is 5.75 Å². The van der Waals surface area contributed by atoms with E-state index < -0.39 is 29.2 Å². The molecule has 1 aromatic heterocycles. The van der Waals surface area contributed by atoms with Gasteiger partial charge in [0.25, 0.3) is 24.1 Å². The summed E-state index contributed by atoms with van der Waals surface area (Å²) in [6, 6.07) is 11.2. The normalized spacial score (nSPS) is 12.9. The number of amides is 3. The first-order chi connectivity index (χ1) is 15.4. The molecule has 0 unspecified atom stereocenters. The molecule has 2 heterocycles. The third kappa shape index (κ3) is 4.06. The van der Waals surface area contributed by atoms with Crippen molar-refractivity contribution in [1.82, 2.24) is 15.1 Å². The van der Waals surface area contributed by atoms with Gasteiger partial charge in [-0.1, -0.05) is 29.5 Å². The Balaban J connectivity index is 1.58. The number of nitrogens with one attached hydrogen (secondary N) is 1. The highest BCUT2D eigenvalue weighted by atomic mass is 32.1. The first kappa shape index (κ1) is 21.5. The lowest BCUT2D eigenvalue weighted by Crippen LogP contribution is -2.29. The quantitative estimate of drug-likeness (QED) is 0.539. The summed E-state index contributed by atoms with van der Waals surface area (Å²) in [5, 5.41) is 8.72. The van der Waals surface area contributed by atoms with Gasteiger partial charge >= 0.3 is 0 Å². The molecule has 3 amide bonds. The van der Waals surface area contributed by atoms with Gasteiger partial charge in [-0.2, -0.15) is 0 Å². The number of benzene rings is 2. The zero-order chi connectivity index (χ0) is 22.8. The van der Waals surface area contributed by atoms with E-state index >= 15 is 0 Å². The monoisotopic (exact) mass is 458 g/mol. The van der Waals surface area contributed by atoms with Crippen LogP contribution in [0.5, 0.6) is 5.75 Å². The van der Waals surface area contributed by atoms with Gasteiger partial charge in [0.2, 0.25) is 5.13 Å². The van der Waals surface area contributed by atoms with E-state index in [1.54, 1.807) is 43.3 Å². The number of hydrogen-bond acceptors (Lipinski definition) is 7. The van der Waals surface area contributed by atoms with E-state index in [4.69, 9.17) is 4.74 Å². The number of halogens is 2. The Hall–Kier alpha value is -3.73. The maximum atomic E-state index is 12.8. The van der Waals surface area contributed by atoms with Gasteiger partial charge in [-0.15, -0.1) is 10.2 Å². The Bertz CT molecular complexity index is 1180. The number of carbonyl (C=O) groups excluding carboxylic acids is 3. The molecule has 0 bridgehead atoms. The van der Waals surface area contributed by atoms with Gasteiger partial charge in [0, 0.05) is 0 Å². The van der Waals surface area contributed by atoms with E-state index in [9.17, 15) is 23.2 Å². The Morgan fingerprint density at radius 1 is 1.12 bits per heavy atom. The van der Waals surface area contributed by atoms with Crippen molar-refractivity contribution in [2.24, 2.45) is 0 Å². The second kappa shape index (κ2) is 8.79. The molecule has 0 saturated heterocycles. The van der Waals surface area contributed by atoms with Crippen LogP contribution in [0.3, 0.4) is 0 Å². The molecule has 0 fully saturated rings. The van der Waals surface area contributed by atoms with Crippen LogP contribution in [0, 0.1) is 0 Å². The second-order valence-electron chi connectivity index (χ2n) is 6.71. The molecule has 2 aromatic carbocycles. The van der Waals surface area contributed by atoms with Crippen molar-refractivity contribution in [3.05, 3.63) is 69.7 Å². The van der Waals surface area contributed by atoms with Gasteiger partial charge in [-0.05, 0) is 36.8 Å². The standard InChI is InChI=1S/C21H16F2N4O4S/c1-2-31-15-8-7-11(10-27-19(29)12-5-3-4-6-13(12)20(27)30)9-14(15)17(28)24-21-26-25-18(32-21)16(22)23/h3-9,16H,2,10H2,1H3,(H,24,26,28). The van der Waals surface area contributed by atoms with Crippen molar-refractivity contribution in [3.63, 3.8) is 0 Å². The van der Waals surface area contributed by atoms with Crippen molar-refractivity contribution in [2.45, 2.75) is 19.9 Å². The SMILES string of the molecule is CCOc1ccc(CN2C(=O)c3ccccc3C2=O)cc1C(=O)Nc1nnc(C(F)F)s1. The minimum atomic E-state index is -2.79. The zero-order valence-electron chi connectivity index (χ0n) is 16.7. The molecule has 0 radical (unpaired) electrons. The lowest BCUT2D eigenvalue weighted by Gasteiger charge is -2.16. The van der Waals surface area contributed by atoms with Crippen LogP contribution >= 0.6 is 11.3 Å². The molecular weight excluding hydrogens is 442 g/mol. The zero-order valence-corrected chi connectivity index (χ0v) is 17.5. The largest absolute Gasteiger partial charge is 0.493 e. The van der Waals surface area contributed by atoms with Crippen LogP contribution in [0.4, 0.5) is 13.9 Å². The number of hydrogen-bond donors (Lipinski definition) is 1. The number of nitrogens with zero attached hydrogens (tertiary/aromatic N) is 3. The fourth-order valence-electron chi connectivity index (χ4n) is 3.24. The van der Waals surface area contributed by atoms with Gasteiger partial charge in [-0.25, -0.2) is 8.78 Å². The van der Waals surface area contributed by atoms with E-state index in [0.29, 0.717) is 28.0 Å². The molecule has 0 aliphatic carbocycles. The van der Waals surface area contributed by atoms with Crippen LogP contribution in [-0.4, -0.2) is 39.4 Å². The predicted molar refractivity (Wildman–Crippen MR) is 111 cm³/mol. The number of alkyl halides is 2. The minimum absolute atomic E-state index is 0.0482. The molecule has 0 atom stereocenters. The maximum absolute atomic E-state index is 12.8. The first-order valence-corrected chi connectivity index (χ1v) is 10.3. The smallest absolute Gasteiger partial charge is 0.291 e. The maximum Gasteiger partial charge on any atom is 0.291 e. The van der Waals surface area contributed by atoms with Crippen molar-refractivity contribution >= 4 is 34.2 Å². The molecule has 1 aliphatic rings. The van der Waals surface area contributed by atoms with Gasteiger partial charge in [0.15, 0.2) is 5.01 Å². The van der Waals surface area contributed by atoms with E-state index in [-0.39, 0.29) is 29.6 Å². The van der Waals surface area contributed by atoms with E-state index in [1.807, 2.05) is 0 Å². The van der Waals surface area contributed by atoms with Crippen LogP contribution in [0.1, 0.15) is 55.0 Å². The average Bonchev–Trinajstić information content (AvgIpc) is 3.34. The lowest BCUT2D eigenvalue weighted by molar-refractivity contribution is 0.0642. The number of anilines is 1. The summed E-state index contributed by atoms with van der Waals surface area (Å²) in [6.07, 6.45) is -2.79. The summed E-state index contributed by atoms with van der Waals surface area (Å²) < 4.78 is 31.0. The fourth-order valence-corrected chi connectivity index (χ4v) is 3.83. The molecular formula is C21H16F2N4O4S. The number of carbonyl (C=O) groups is 3. The van der Waals surface area contributed by atoms with Crippen molar-refractivity contribution in [1.29, 1.82) is 0 Å². The van der Waals surface area contributed by atoms with Crippen LogP contribution in [0.15, 0.2) is 42.5 Å². The van der Waals surface area contributed by atoms with Gasteiger partial charge in [0.1, 0.15) is 5.75 Å². The van der Waals surface area contributed by atoms with Crippen LogP contribution in [0.2, 0.25) is 0 Å². The summed E-state index contributed by atoms with van der Waals surface area (Å²) in [7, 11) is 0. The van der Waals surface area contributed by atoms with Crippen molar-refractivity contribution in [2.75, 3.05) is 11.9 Å². The Labute approximate surface area is 184 Å². The Kier molecular flexibility index (Phi) is 5.91. The molecule has 3 aromatic rings. The number of ether oxygens (including phenoxy) is 1. The summed E-state index contributed by atoms with van der Waals surface area (Å²) in [5.74, 6) is -1.22. The highest BCUT2D eigenvalue weighted by Crippen LogP contribution is 2.29.